The minimum Gasteiger partial charge on any atom is -0.481 e. The molecule has 0 aromatic carbocycles. The second-order valence-electron chi connectivity index (χ2n) is 9.89. The summed E-state index contributed by atoms with van der Waals surface area (Å²) < 4.78 is 5.93. The first-order valence-electron chi connectivity index (χ1n) is 12.9. The van der Waals surface area contributed by atoms with Crippen molar-refractivity contribution in [2.24, 2.45) is 17.8 Å². The van der Waals surface area contributed by atoms with Crippen LogP contribution in [0, 0.1) is 17.8 Å². The fourth-order valence-electron chi connectivity index (χ4n) is 4.48. The Bertz CT molecular complexity index is 452. The van der Waals surface area contributed by atoms with Gasteiger partial charge in [-0.25, -0.2) is 0 Å². The second kappa shape index (κ2) is 16.6. The van der Waals surface area contributed by atoms with Gasteiger partial charge < -0.3 is 9.84 Å². The van der Waals surface area contributed by atoms with Crippen LogP contribution in [0.2, 0.25) is 0 Å². The van der Waals surface area contributed by atoms with Crippen LogP contribution in [0.25, 0.3) is 0 Å². The molecule has 1 unspecified atom stereocenters. The zero-order valence-corrected chi connectivity index (χ0v) is 20.0. The molecule has 1 saturated carbocycles. The van der Waals surface area contributed by atoms with Crippen LogP contribution < -0.4 is 0 Å². The highest BCUT2D eigenvalue weighted by Gasteiger charge is 2.31. The first-order valence-corrected chi connectivity index (χ1v) is 12.9. The number of esters is 1. The van der Waals surface area contributed by atoms with Crippen molar-refractivity contribution in [2.75, 3.05) is 0 Å². The number of ether oxygens (including phenoxy) is 1. The number of aliphatic carboxylic acids is 1. The van der Waals surface area contributed by atoms with Gasteiger partial charge in [0.25, 0.3) is 0 Å². The van der Waals surface area contributed by atoms with Gasteiger partial charge in [-0.15, -0.1) is 0 Å². The van der Waals surface area contributed by atoms with Crippen molar-refractivity contribution >= 4 is 11.9 Å². The number of carbonyl (C=O) groups excluding carboxylic acids is 1. The zero-order chi connectivity index (χ0) is 22.2. The summed E-state index contributed by atoms with van der Waals surface area (Å²) in [5.41, 5.74) is 0. The summed E-state index contributed by atoms with van der Waals surface area (Å²) in [5, 5.41) is 9.14. The number of hydrogen-bond acceptors (Lipinski definition) is 3. The largest absolute Gasteiger partial charge is 0.481 e. The van der Waals surface area contributed by atoms with Crippen molar-refractivity contribution in [3.63, 3.8) is 0 Å². The van der Waals surface area contributed by atoms with E-state index in [0.29, 0.717) is 31.6 Å². The maximum atomic E-state index is 12.6. The molecular weight excluding hydrogens is 376 g/mol. The second-order valence-corrected chi connectivity index (χ2v) is 9.89. The Morgan fingerprint density at radius 3 is 1.77 bits per heavy atom. The molecule has 0 aliphatic heterocycles. The SMILES string of the molecule is CCCCCCCCCCCCC(CCC(C)C)OC(=O)C1CCC(C(=O)O)CC1. The summed E-state index contributed by atoms with van der Waals surface area (Å²) in [5.74, 6) is -0.575. The lowest BCUT2D eigenvalue weighted by Crippen LogP contribution is -2.30. The maximum absolute atomic E-state index is 12.6. The lowest BCUT2D eigenvalue weighted by atomic mass is 9.82. The van der Waals surface area contributed by atoms with E-state index in [1.165, 1.54) is 57.8 Å². The van der Waals surface area contributed by atoms with Crippen LogP contribution in [-0.4, -0.2) is 23.1 Å². The van der Waals surface area contributed by atoms with E-state index in [9.17, 15) is 9.59 Å². The van der Waals surface area contributed by atoms with Crippen molar-refractivity contribution < 1.29 is 19.4 Å². The average Bonchev–Trinajstić information content (AvgIpc) is 2.73. The van der Waals surface area contributed by atoms with Gasteiger partial charge >= 0.3 is 11.9 Å². The Morgan fingerprint density at radius 1 is 0.767 bits per heavy atom. The van der Waals surface area contributed by atoms with Gasteiger partial charge in [0.1, 0.15) is 6.10 Å². The van der Waals surface area contributed by atoms with Gasteiger partial charge in [0.15, 0.2) is 0 Å². The van der Waals surface area contributed by atoms with E-state index in [4.69, 9.17) is 9.84 Å². The van der Waals surface area contributed by atoms with Crippen LogP contribution in [0.4, 0.5) is 0 Å². The van der Waals surface area contributed by atoms with E-state index in [1.54, 1.807) is 0 Å². The first-order chi connectivity index (χ1) is 14.4. The fourth-order valence-corrected chi connectivity index (χ4v) is 4.48. The number of carboxylic acid groups (broad SMARTS) is 1. The molecule has 1 aliphatic carbocycles. The number of carboxylic acids is 1. The molecule has 0 spiro atoms. The van der Waals surface area contributed by atoms with Gasteiger partial charge in [0.2, 0.25) is 0 Å². The third-order valence-corrected chi connectivity index (χ3v) is 6.64. The first kappa shape index (κ1) is 27.0. The lowest BCUT2D eigenvalue weighted by Gasteiger charge is -2.27. The summed E-state index contributed by atoms with van der Waals surface area (Å²) >= 11 is 0. The van der Waals surface area contributed by atoms with E-state index in [0.717, 1.165) is 25.7 Å². The molecule has 176 valence electrons. The van der Waals surface area contributed by atoms with Gasteiger partial charge in [-0.3, -0.25) is 9.59 Å². The smallest absolute Gasteiger partial charge is 0.309 e. The molecule has 30 heavy (non-hydrogen) atoms. The van der Waals surface area contributed by atoms with Gasteiger partial charge in [-0.05, 0) is 57.3 Å². The lowest BCUT2D eigenvalue weighted by molar-refractivity contribution is -0.158. The zero-order valence-electron chi connectivity index (χ0n) is 20.0. The topological polar surface area (TPSA) is 63.6 Å². The molecular formula is C26H48O4. The third-order valence-electron chi connectivity index (χ3n) is 6.64. The third kappa shape index (κ3) is 12.6. The quantitative estimate of drug-likeness (QED) is 0.193. The molecule has 1 fully saturated rings. The molecule has 0 heterocycles. The van der Waals surface area contributed by atoms with Crippen molar-refractivity contribution in [1.29, 1.82) is 0 Å². The van der Waals surface area contributed by atoms with Gasteiger partial charge in [-0.1, -0.05) is 78.6 Å². The maximum Gasteiger partial charge on any atom is 0.309 e. The minimum atomic E-state index is -0.724. The molecule has 0 amide bonds. The summed E-state index contributed by atoms with van der Waals surface area (Å²) in [6.45, 7) is 6.69. The van der Waals surface area contributed by atoms with Crippen molar-refractivity contribution in [3.8, 4) is 0 Å². The molecule has 1 aliphatic rings. The monoisotopic (exact) mass is 424 g/mol. The normalized spacial score (nSPS) is 20.3. The van der Waals surface area contributed by atoms with Crippen LogP contribution >= 0.6 is 0 Å². The number of unbranched alkanes of at least 4 members (excludes halogenated alkanes) is 9. The van der Waals surface area contributed by atoms with Crippen molar-refractivity contribution in [2.45, 2.75) is 136 Å². The molecule has 0 radical (unpaired) electrons. The predicted octanol–water partition coefficient (Wildman–Crippen LogP) is 7.54. The number of hydrogen-bond donors (Lipinski definition) is 1. The predicted molar refractivity (Wildman–Crippen MR) is 123 cm³/mol. The van der Waals surface area contributed by atoms with Crippen LogP contribution in [0.1, 0.15) is 130 Å². The highest BCUT2D eigenvalue weighted by molar-refractivity contribution is 5.74. The Hall–Kier alpha value is -1.06. The summed E-state index contributed by atoms with van der Waals surface area (Å²) in [7, 11) is 0. The van der Waals surface area contributed by atoms with Crippen molar-refractivity contribution in [3.05, 3.63) is 0 Å². The molecule has 1 N–H and O–H groups in total. The number of carbonyl (C=O) groups is 2. The summed E-state index contributed by atoms with van der Waals surface area (Å²) in [6.07, 6.45) is 18.7. The molecule has 0 aromatic heterocycles. The molecule has 0 aromatic rings. The minimum absolute atomic E-state index is 0.0335. The Balaban J connectivity index is 2.25. The van der Waals surface area contributed by atoms with Gasteiger partial charge in [0.05, 0.1) is 11.8 Å². The summed E-state index contributed by atoms with van der Waals surface area (Å²) in [4.78, 5) is 23.8. The van der Waals surface area contributed by atoms with Crippen molar-refractivity contribution in [1.82, 2.24) is 0 Å². The fraction of sp³-hybridized carbons (Fsp3) is 0.923. The summed E-state index contributed by atoms with van der Waals surface area (Å²) in [6, 6.07) is 0. The molecule has 4 nitrogen and oxygen atoms in total. The van der Waals surface area contributed by atoms with E-state index in [-0.39, 0.29) is 23.9 Å². The molecule has 4 heteroatoms. The Labute approximate surface area is 185 Å². The highest BCUT2D eigenvalue weighted by atomic mass is 16.5. The van der Waals surface area contributed by atoms with E-state index in [1.807, 2.05) is 0 Å². The van der Waals surface area contributed by atoms with E-state index in [2.05, 4.69) is 20.8 Å². The Morgan fingerprint density at radius 2 is 1.27 bits per heavy atom. The van der Waals surface area contributed by atoms with Crippen LogP contribution in [0.5, 0.6) is 0 Å². The van der Waals surface area contributed by atoms with Crippen LogP contribution in [0.15, 0.2) is 0 Å². The molecule has 1 atom stereocenters. The van der Waals surface area contributed by atoms with Crippen LogP contribution in [0.3, 0.4) is 0 Å². The Kier molecular flexibility index (Phi) is 14.9. The molecule has 0 bridgehead atoms. The van der Waals surface area contributed by atoms with Gasteiger partial charge in [0, 0.05) is 0 Å². The number of rotatable bonds is 17. The standard InChI is InChI=1S/C26H48O4/c1-4-5-6-7-8-9-10-11-12-13-14-24(20-15-21(2)3)30-26(29)23-18-16-22(17-19-23)25(27)28/h21-24H,4-20H2,1-3H3,(H,27,28). The molecule has 1 rings (SSSR count). The average molecular weight is 425 g/mol. The highest BCUT2D eigenvalue weighted by Crippen LogP contribution is 2.30. The van der Waals surface area contributed by atoms with Crippen LogP contribution in [-0.2, 0) is 14.3 Å². The van der Waals surface area contributed by atoms with Gasteiger partial charge in [-0.2, -0.15) is 0 Å². The van der Waals surface area contributed by atoms with E-state index >= 15 is 0 Å². The molecule has 0 saturated heterocycles. The van der Waals surface area contributed by atoms with E-state index < -0.39 is 5.97 Å².